The predicted octanol–water partition coefficient (Wildman–Crippen LogP) is 7.78. The molecule has 0 bridgehead atoms. The third-order valence-electron chi connectivity index (χ3n) is 13.8. The molecule has 2 heterocycles. The number of hydrogen-bond acceptors (Lipinski definition) is 13. The lowest BCUT2D eigenvalue weighted by Crippen LogP contribution is -2.65. The van der Waals surface area contributed by atoms with Crippen molar-refractivity contribution in [3.8, 4) is 0 Å². The first-order chi connectivity index (χ1) is 32.1. The van der Waals surface area contributed by atoms with Gasteiger partial charge in [0.25, 0.3) is 0 Å². The molecule has 0 radical (unpaired) electrons. The smallest absolute Gasteiger partial charge is 0.220 e. The lowest BCUT2D eigenvalue weighted by Gasteiger charge is -2.46. The van der Waals surface area contributed by atoms with Crippen molar-refractivity contribution in [2.45, 2.75) is 306 Å². The molecule has 14 heteroatoms. The molecule has 0 saturated carbocycles. The Morgan fingerprint density at radius 2 is 0.864 bits per heavy atom. The van der Waals surface area contributed by atoms with Gasteiger partial charge in [0.15, 0.2) is 12.6 Å². The summed E-state index contributed by atoms with van der Waals surface area (Å²) in [6.45, 7) is 2.87. The minimum absolute atomic E-state index is 0.203. The highest BCUT2D eigenvalue weighted by molar-refractivity contribution is 5.76. The molecule has 1 amide bonds. The van der Waals surface area contributed by atoms with Gasteiger partial charge in [0.1, 0.15) is 48.8 Å². The summed E-state index contributed by atoms with van der Waals surface area (Å²) in [5, 5.41) is 86.9. The first kappa shape index (κ1) is 61.1. The van der Waals surface area contributed by atoms with Crippen molar-refractivity contribution in [1.82, 2.24) is 5.32 Å². The number of amides is 1. The zero-order valence-electron chi connectivity index (χ0n) is 41.7. The highest BCUT2D eigenvalue weighted by Gasteiger charge is 2.51. The molecule has 0 aromatic rings. The number of carbonyl (C=O) groups is 1. The molecule has 2 fully saturated rings. The molecule has 2 rings (SSSR count). The maximum absolute atomic E-state index is 13.2. The van der Waals surface area contributed by atoms with E-state index in [1.165, 1.54) is 154 Å². The highest BCUT2D eigenvalue weighted by atomic mass is 16.7. The molecule has 9 N–H and O–H groups in total. The third kappa shape index (κ3) is 26.3. The molecular weight excluding hydrogens is 847 g/mol. The van der Waals surface area contributed by atoms with Gasteiger partial charge in [0, 0.05) is 6.42 Å². The predicted molar refractivity (Wildman–Crippen MR) is 259 cm³/mol. The van der Waals surface area contributed by atoms with Crippen LogP contribution in [0.1, 0.15) is 232 Å². The van der Waals surface area contributed by atoms with Gasteiger partial charge >= 0.3 is 0 Å². The van der Waals surface area contributed by atoms with Crippen LogP contribution in [0.5, 0.6) is 0 Å². The van der Waals surface area contributed by atoms with Crippen LogP contribution in [-0.4, -0.2) is 140 Å². The molecule has 0 aliphatic carbocycles. The Hall–Kier alpha value is -1.01. The SMILES string of the molecule is CCCCCCCCCCCCCCCCCCCCCCC(=O)N[C@@H](CO[C@@H]1O[C@H](CO)[C@@H](O[C@@H]2O[C@H](CO)[C@H](O)C(O)C2O)C(O)C1O)[C@H](O)CCCCCCCCCCCCCC. The van der Waals surface area contributed by atoms with E-state index in [9.17, 15) is 45.6 Å². The normalized spacial score (nSPS) is 26.7. The van der Waals surface area contributed by atoms with E-state index < -0.39 is 86.8 Å². The van der Waals surface area contributed by atoms with Crippen molar-refractivity contribution in [2.24, 2.45) is 0 Å². The van der Waals surface area contributed by atoms with Gasteiger partial charge in [-0.05, 0) is 12.8 Å². The van der Waals surface area contributed by atoms with Gasteiger partial charge in [-0.1, -0.05) is 213 Å². The fourth-order valence-electron chi connectivity index (χ4n) is 9.36. The molecule has 392 valence electrons. The van der Waals surface area contributed by atoms with E-state index in [0.29, 0.717) is 12.8 Å². The van der Waals surface area contributed by atoms with Gasteiger partial charge in [-0.2, -0.15) is 0 Å². The highest BCUT2D eigenvalue weighted by Crippen LogP contribution is 2.30. The molecule has 0 spiro atoms. The number of rotatable bonds is 43. The summed E-state index contributed by atoms with van der Waals surface area (Å²) in [7, 11) is 0. The number of aliphatic hydroxyl groups excluding tert-OH is 8. The molecule has 0 aromatic carbocycles. The summed E-state index contributed by atoms with van der Waals surface area (Å²) < 4.78 is 22.8. The van der Waals surface area contributed by atoms with Gasteiger partial charge in [-0.15, -0.1) is 0 Å². The summed E-state index contributed by atoms with van der Waals surface area (Å²) in [6, 6.07) is -0.820. The van der Waals surface area contributed by atoms with Crippen molar-refractivity contribution >= 4 is 5.91 Å². The monoisotopic (exact) mass is 948 g/mol. The largest absolute Gasteiger partial charge is 0.394 e. The standard InChI is InChI=1S/C52H101NO13/c1-3-5-7-9-11-13-15-17-18-19-20-21-22-23-24-26-28-30-32-34-36-44(57)53-40(41(56)35-33-31-29-27-25-16-14-12-10-8-6-4-2)39-63-51-49(62)47(60)50(43(38-55)65-51)66-52-48(61)46(59)45(58)42(37-54)64-52/h40-43,45-52,54-56,58-62H,3-39H2,1-2H3,(H,53,57)/t40-,41+,42+,43+,45-,46?,47?,48?,49?,50+,51+,52-/m0/s1. The molecule has 66 heavy (non-hydrogen) atoms. The van der Waals surface area contributed by atoms with Gasteiger partial charge in [0.2, 0.25) is 5.91 Å². The molecular formula is C52H101NO13. The van der Waals surface area contributed by atoms with Crippen LogP contribution < -0.4 is 5.32 Å². The third-order valence-corrected chi connectivity index (χ3v) is 13.8. The summed E-state index contributed by atoms with van der Waals surface area (Å²) in [5.41, 5.74) is 0. The van der Waals surface area contributed by atoms with E-state index in [1.807, 2.05) is 0 Å². The van der Waals surface area contributed by atoms with Crippen LogP contribution >= 0.6 is 0 Å². The van der Waals surface area contributed by atoms with Gasteiger partial charge in [-0.25, -0.2) is 0 Å². The number of nitrogens with one attached hydrogen (secondary N) is 1. The molecule has 4 unspecified atom stereocenters. The average Bonchev–Trinajstić information content (AvgIpc) is 3.31. The van der Waals surface area contributed by atoms with E-state index in [2.05, 4.69) is 19.2 Å². The van der Waals surface area contributed by atoms with Crippen molar-refractivity contribution in [1.29, 1.82) is 0 Å². The fraction of sp³-hybridized carbons (Fsp3) is 0.981. The Kier molecular flexibility index (Phi) is 36.7. The van der Waals surface area contributed by atoms with E-state index in [-0.39, 0.29) is 12.5 Å². The van der Waals surface area contributed by atoms with Crippen LogP contribution in [0.2, 0.25) is 0 Å². The second-order valence-electron chi connectivity index (χ2n) is 19.7. The number of unbranched alkanes of at least 4 members (excludes halogenated alkanes) is 30. The number of ether oxygens (including phenoxy) is 4. The molecule has 2 aliphatic heterocycles. The van der Waals surface area contributed by atoms with E-state index in [1.54, 1.807) is 0 Å². The van der Waals surface area contributed by atoms with Crippen molar-refractivity contribution < 1.29 is 64.6 Å². The van der Waals surface area contributed by atoms with Crippen LogP contribution in [-0.2, 0) is 23.7 Å². The van der Waals surface area contributed by atoms with Crippen LogP contribution in [0.3, 0.4) is 0 Å². The first-order valence-electron chi connectivity index (χ1n) is 27.3. The number of hydrogen-bond donors (Lipinski definition) is 9. The Bertz CT molecular complexity index is 1120. The van der Waals surface area contributed by atoms with Crippen LogP contribution in [0.15, 0.2) is 0 Å². The Morgan fingerprint density at radius 1 is 0.485 bits per heavy atom. The van der Waals surface area contributed by atoms with E-state index in [0.717, 1.165) is 51.4 Å². The molecule has 2 saturated heterocycles. The Labute approximate surface area is 400 Å². The van der Waals surface area contributed by atoms with Crippen LogP contribution in [0, 0.1) is 0 Å². The quantitative estimate of drug-likeness (QED) is 0.0267. The summed E-state index contributed by atoms with van der Waals surface area (Å²) in [6.07, 6.45) is 23.9. The Balaban J connectivity index is 1.77. The number of aliphatic hydroxyl groups is 8. The summed E-state index contributed by atoms with van der Waals surface area (Å²) in [4.78, 5) is 13.2. The van der Waals surface area contributed by atoms with Crippen LogP contribution in [0.25, 0.3) is 0 Å². The number of carbonyl (C=O) groups excluding carboxylic acids is 1. The van der Waals surface area contributed by atoms with Gasteiger partial charge < -0.3 is 65.1 Å². The minimum Gasteiger partial charge on any atom is -0.394 e. The second-order valence-corrected chi connectivity index (χ2v) is 19.7. The van der Waals surface area contributed by atoms with Crippen molar-refractivity contribution in [3.05, 3.63) is 0 Å². The molecule has 2 aliphatic rings. The molecule has 12 atom stereocenters. The second kappa shape index (κ2) is 39.7. The molecule has 14 nitrogen and oxygen atoms in total. The van der Waals surface area contributed by atoms with Crippen molar-refractivity contribution in [3.63, 3.8) is 0 Å². The summed E-state index contributed by atoms with van der Waals surface area (Å²) >= 11 is 0. The summed E-state index contributed by atoms with van der Waals surface area (Å²) in [5.74, 6) is -0.203. The van der Waals surface area contributed by atoms with E-state index >= 15 is 0 Å². The average molecular weight is 948 g/mol. The lowest BCUT2D eigenvalue weighted by atomic mass is 9.97. The maximum Gasteiger partial charge on any atom is 0.220 e. The lowest BCUT2D eigenvalue weighted by molar-refractivity contribution is -0.359. The zero-order valence-corrected chi connectivity index (χ0v) is 41.7. The van der Waals surface area contributed by atoms with Gasteiger partial charge in [0.05, 0.1) is 32.0 Å². The molecule has 0 aromatic heterocycles. The topological polar surface area (TPSA) is 228 Å². The maximum atomic E-state index is 13.2. The minimum atomic E-state index is -1.78. The Morgan fingerprint density at radius 3 is 1.29 bits per heavy atom. The van der Waals surface area contributed by atoms with Crippen LogP contribution in [0.4, 0.5) is 0 Å². The first-order valence-corrected chi connectivity index (χ1v) is 27.3. The van der Waals surface area contributed by atoms with Gasteiger partial charge in [-0.3, -0.25) is 4.79 Å². The fourth-order valence-corrected chi connectivity index (χ4v) is 9.36. The zero-order chi connectivity index (χ0) is 48.2. The van der Waals surface area contributed by atoms with E-state index in [4.69, 9.17) is 18.9 Å². The van der Waals surface area contributed by atoms with Crippen molar-refractivity contribution in [2.75, 3.05) is 19.8 Å².